The molecule has 0 unspecified atom stereocenters. The lowest BCUT2D eigenvalue weighted by atomic mass is 10.1. The molecule has 140 valence electrons. The quantitative estimate of drug-likeness (QED) is 0.704. The molecule has 0 aliphatic carbocycles. The number of benzene rings is 2. The highest BCUT2D eigenvalue weighted by atomic mass is 16.2. The van der Waals surface area contributed by atoms with Crippen molar-refractivity contribution in [1.82, 2.24) is 9.55 Å². The number of hydrogen-bond donors (Lipinski definition) is 2. The van der Waals surface area contributed by atoms with Crippen LogP contribution in [0.15, 0.2) is 64.2 Å². The van der Waals surface area contributed by atoms with Gasteiger partial charge in [-0.1, -0.05) is 60.2 Å². The van der Waals surface area contributed by atoms with E-state index in [4.69, 9.17) is 5.73 Å². The molecule has 27 heavy (non-hydrogen) atoms. The topological polar surface area (TPSA) is 84.1 Å². The largest absolute Gasteiger partial charge is 0.383 e. The van der Waals surface area contributed by atoms with Crippen molar-refractivity contribution in [3.05, 3.63) is 92.1 Å². The van der Waals surface area contributed by atoms with Gasteiger partial charge < -0.3 is 10.6 Å². The first-order valence-electron chi connectivity index (χ1n) is 8.96. The van der Waals surface area contributed by atoms with Crippen LogP contribution in [0.4, 0.5) is 11.5 Å². The highest BCUT2D eigenvalue weighted by molar-refractivity contribution is 5.62. The molecule has 0 amide bonds. The number of aromatic amines is 1. The third-order valence-corrected chi connectivity index (χ3v) is 4.55. The molecule has 3 N–H and O–H groups in total. The Morgan fingerprint density at radius 2 is 1.74 bits per heavy atom. The minimum absolute atomic E-state index is 0.183. The molecule has 1 heterocycles. The summed E-state index contributed by atoms with van der Waals surface area (Å²) >= 11 is 0. The van der Waals surface area contributed by atoms with Crippen LogP contribution in [0, 0.1) is 6.92 Å². The highest BCUT2D eigenvalue weighted by Gasteiger charge is 2.18. The maximum absolute atomic E-state index is 12.5. The van der Waals surface area contributed by atoms with E-state index in [-0.39, 0.29) is 5.82 Å². The normalized spacial score (nSPS) is 10.7. The SMILES string of the molecule is CCN(Cc1cccc(C)c1)c1c(N)n(Cc2ccccc2)c(=O)[nH]c1=O. The van der Waals surface area contributed by atoms with E-state index < -0.39 is 11.2 Å². The molecule has 0 atom stereocenters. The van der Waals surface area contributed by atoms with E-state index in [1.807, 2.05) is 67.3 Å². The van der Waals surface area contributed by atoms with Crippen LogP contribution in [-0.4, -0.2) is 16.1 Å². The van der Waals surface area contributed by atoms with Crippen molar-refractivity contribution in [2.24, 2.45) is 0 Å². The molecule has 0 radical (unpaired) electrons. The van der Waals surface area contributed by atoms with Crippen LogP contribution < -0.4 is 21.9 Å². The van der Waals surface area contributed by atoms with Gasteiger partial charge in [0.1, 0.15) is 11.5 Å². The minimum atomic E-state index is -0.503. The number of aryl methyl sites for hydroxylation is 1. The molecule has 0 saturated carbocycles. The number of anilines is 2. The fourth-order valence-electron chi connectivity index (χ4n) is 3.19. The van der Waals surface area contributed by atoms with Crippen molar-refractivity contribution >= 4 is 11.5 Å². The third kappa shape index (κ3) is 4.11. The van der Waals surface area contributed by atoms with Crippen molar-refractivity contribution < 1.29 is 0 Å². The zero-order valence-corrected chi connectivity index (χ0v) is 15.6. The van der Waals surface area contributed by atoms with Crippen LogP contribution in [0.2, 0.25) is 0 Å². The van der Waals surface area contributed by atoms with Crippen molar-refractivity contribution in [1.29, 1.82) is 0 Å². The summed E-state index contributed by atoms with van der Waals surface area (Å²) < 4.78 is 1.41. The second kappa shape index (κ2) is 7.95. The van der Waals surface area contributed by atoms with E-state index in [0.717, 1.165) is 16.7 Å². The Morgan fingerprint density at radius 3 is 2.41 bits per heavy atom. The fourth-order valence-corrected chi connectivity index (χ4v) is 3.19. The summed E-state index contributed by atoms with van der Waals surface area (Å²) in [5, 5.41) is 0. The molecule has 6 heteroatoms. The lowest BCUT2D eigenvalue weighted by Crippen LogP contribution is -2.38. The van der Waals surface area contributed by atoms with Crippen LogP contribution in [0.25, 0.3) is 0 Å². The van der Waals surface area contributed by atoms with Crippen LogP contribution in [0.1, 0.15) is 23.6 Å². The van der Waals surface area contributed by atoms with Gasteiger partial charge in [-0.2, -0.15) is 0 Å². The summed E-state index contributed by atoms with van der Waals surface area (Å²) in [7, 11) is 0. The first-order chi connectivity index (χ1) is 13.0. The number of nitrogens with two attached hydrogens (primary N) is 1. The molecular formula is C21H24N4O2. The van der Waals surface area contributed by atoms with Gasteiger partial charge in [0.15, 0.2) is 0 Å². The minimum Gasteiger partial charge on any atom is -0.383 e. The number of H-pyrrole nitrogens is 1. The molecule has 6 nitrogen and oxygen atoms in total. The van der Waals surface area contributed by atoms with E-state index in [1.54, 1.807) is 0 Å². The third-order valence-electron chi connectivity index (χ3n) is 4.55. The molecule has 3 aromatic rings. The van der Waals surface area contributed by atoms with E-state index in [0.29, 0.717) is 25.3 Å². The van der Waals surface area contributed by atoms with Crippen LogP contribution in [0.3, 0.4) is 0 Å². The van der Waals surface area contributed by atoms with Gasteiger partial charge in [0.05, 0.1) is 6.54 Å². The molecule has 0 saturated heterocycles. The maximum atomic E-state index is 12.5. The Labute approximate surface area is 157 Å². The Balaban J connectivity index is 2.02. The molecule has 3 rings (SSSR count). The lowest BCUT2D eigenvalue weighted by Gasteiger charge is -2.25. The number of hydrogen-bond acceptors (Lipinski definition) is 4. The van der Waals surface area contributed by atoms with E-state index in [1.165, 1.54) is 4.57 Å². The zero-order valence-electron chi connectivity index (χ0n) is 15.6. The first-order valence-corrected chi connectivity index (χ1v) is 8.96. The van der Waals surface area contributed by atoms with Gasteiger partial charge >= 0.3 is 5.69 Å². The summed E-state index contributed by atoms with van der Waals surface area (Å²) in [5.41, 5.74) is 8.83. The molecule has 2 aromatic carbocycles. The van der Waals surface area contributed by atoms with Crippen molar-refractivity contribution in [2.45, 2.75) is 26.9 Å². The van der Waals surface area contributed by atoms with Gasteiger partial charge in [-0.05, 0) is 25.0 Å². The summed E-state index contributed by atoms with van der Waals surface area (Å²) in [5.74, 6) is 0.183. The summed E-state index contributed by atoms with van der Waals surface area (Å²) in [6.07, 6.45) is 0. The number of aromatic nitrogens is 2. The number of nitrogens with one attached hydrogen (secondary N) is 1. The second-order valence-corrected chi connectivity index (χ2v) is 6.57. The van der Waals surface area contributed by atoms with Crippen molar-refractivity contribution in [3.63, 3.8) is 0 Å². The lowest BCUT2D eigenvalue weighted by molar-refractivity contribution is 0.718. The number of rotatable bonds is 6. The molecule has 0 aliphatic heterocycles. The Hall–Kier alpha value is -3.28. The van der Waals surface area contributed by atoms with E-state index >= 15 is 0 Å². The monoisotopic (exact) mass is 364 g/mol. The Morgan fingerprint density at radius 1 is 1.04 bits per heavy atom. The molecule has 1 aromatic heterocycles. The predicted octanol–water partition coefficient (Wildman–Crippen LogP) is 2.50. The summed E-state index contributed by atoms with van der Waals surface area (Å²) in [6.45, 7) is 5.42. The van der Waals surface area contributed by atoms with E-state index in [9.17, 15) is 9.59 Å². The predicted molar refractivity (Wildman–Crippen MR) is 109 cm³/mol. The smallest absolute Gasteiger partial charge is 0.330 e. The van der Waals surface area contributed by atoms with Crippen LogP contribution >= 0.6 is 0 Å². The van der Waals surface area contributed by atoms with Gasteiger partial charge in [0, 0.05) is 13.1 Å². The summed E-state index contributed by atoms with van der Waals surface area (Å²) in [6, 6.07) is 17.7. The van der Waals surface area contributed by atoms with Gasteiger partial charge in [0.2, 0.25) is 0 Å². The van der Waals surface area contributed by atoms with Gasteiger partial charge in [-0.3, -0.25) is 14.3 Å². The zero-order chi connectivity index (χ0) is 19.4. The Kier molecular flexibility index (Phi) is 5.45. The maximum Gasteiger partial charge on any atom is 0.330 e. The number of nitrogen functional groups attached to an aromatic ring is 1. The average molecular weight is 364 g/mol. The van der Waals surface area contributed by atoms with Gasteiger partial charge in [-0.15, -0.1) is 0 Å². The molecular weight excluding hydrogens is 340 g/mol. The fraction of sp³-hybridized carbons (Fsp3) is 0.238. The Bertz CT molecular complexity index is 1040. The van der Waals surface area contributed by atoms with Crippen LogP contribution in [0.5, 0.6) is 0 Å². The standard InChI is InChI=1S/C21H24N4O2/c1-3-24(13-17-11-7-8-15(2)12-17)18-19(22)25(21(27)23-20(18)26)14-16-9-5-4-6-10-16/h4-12H,3,13-14,22H2,1-2H3,(H,23,26,27). The van der Waals surface area contributed by atoms with Crippen LogP contribution in [-0.2, 0) is 13.1 Å². The van der Waals surface area contributed by atoms with Crippen molar-refractivity contribution in [2.75, 3.05) is 17.2 Å². The second-order valence-electron chi connectivity index (χ2n) is 6.57. The first kappa shape index (κ1) is 18.5. The molecule has 0 aliphatic rings. The average Bonchev–Trinajstić information content (AvgIpc) is 2.65. The van der Waals surface area contributed by atoms with Crippen molar-refractivity contribution in [3.8, 4) is 0 Å². The van der Waals surface area contributed by atoms with Gasteiger partial charge in [-0.25, -0.2) is 4.79 Å². The molecule has 0 bridgehead atoms. The highest BCUT2D eigenvalue weighted by Crippen LogP contribution is 2.20. The van der Waals surface area contributed by atoms with Gasteiger partial charge in [0.25, 0.3) is 5.56 Å². The molecule has 0 spiro atoms. The molecule has 0 fully saturated rings. The van der Waals surface area contributed by atoms with E-state index in [2.05, 4.69) is 11.1 Å². The number of nitrogens with zero attached hydrogens (tertiary/aromatic N) is 2. The summed E-state index contributed by atoms with van der Waals surface area (Å²) in [4.78, 5) is 29.2.